The maximum absolute atomic E-state index is 10.6. The molecule has 9 heteroatoms. The van der Waals surface area contributed by atoms with Gasteiger partial charge in [-0.25, -0.2) is 9.97 Å². The largest absolute Gasteiger partial charge is 0.369 e. The molecule has 1 unspecified atom stereocenters. The third kappa shape index (κ3) is 4.26. The smallest absolute Gasteiger partial charge is 0.160 e. The van der Waals surface area contributed by atoms with Crippen LogP contribution in [0.25, 0.3) is 55.8 Å². The van der Waals surface area contributed by atoms with E-state index in [1.54, 1.807) is 24.8 Å². The highest BCUT2D eigenvalue weighted by Gasteiger charge is 2.17. The molecule has 5 aromatic heterocycles. The zero-order chi connectivity index (χ0) is 26.2. The Morgan fingerprint density at radius 2 is 1.69 bits per heavy atom. The Morgan fingerprint density at radius 1 is 0.795 bits per heavy atom. The molecule has 4 N–H and O–H groups in total. The fraction of sp³-hybridized carbons (Fsp3) is 0.0333. The maximum Gasteiger partial charge on any atom is 0.160 e. The number of nitrogens with one attached hydrogen (secondary N) is 3. The van der Waals surface area contributed by atoms with E-state index in [9.17, 15) is 5.11 Å². The van der Waals surface area contributed by atoms with E-state index in [0.717, 1.165) is 44.2 Å². The number of aromatic amines is 2. The lowest BCUT2D eigenvalue weighted by molar-refractivity contribution is 0.208. The topological polar surface area (TPSA) is 128 Å². The van der Waals surface area contributed by atoms with E-state index < -0.39 is 6.23 Å². The molecule has 0 aliphatic heterocycles. The number of nitrogens with zero attached hydrogens (tertiary/aromatic N) is 5. The number of aromatic nitrogens is 7. The standard InChI is InChI=1S/C30H22N8O/c39-30(18-5-2-1-3-6-18)34-22-13-21(16-32-17-22)19-8-9-25-24(14-19)27(38-37-25)29-35-26-23(10-12-33-28(26)36-29)20-7-4-11-31-15-20/h1-17,30,34,39H,(H,37,38)(H,33,35,36). The second-order valence-electron chi connectivity index (χ2n) is 9.14. The van der Waals surface area contributed by atoms with Crippen molar-refractivity contribution in [1.82, 2.24) is 35.1 Å². The Hall–Kier alpha value is -5.41. The van der Waals surface area contributed by atoms with Crippen LogP contribution >= 0.6 is 0 Å². The summed E-state index contributed by atoms with van der Waals surface area (Å²) in [6.45, 7) is 0. The lowest BCUT2D eigenvalue weighted by Crippen LogP contribution is -2.09. The number of anilines is 1. The molecule has 0 radical (unpaired) electrons. The predicted molar refractivity (Wildman–Crippen MR) is 150 cm³/mol. The summed E-state index contributed by atoms with van der Waals surface area (Å²) in [5.41, 5.74) is 8.29. The predicted octanol–water partition coefficient (Wildman–Crippen LogP) is 5.73. The van der Waals surface area contributed by atoms with Gasteiger partial charge in [-0.15, -0.1) is 0 Å². The number of fused-ring (bicyclic) bond motifs is 2. The highest BCUT2D eigenvalue weighted by molar-refractivity contribution is 5.97. The van der Waals surface area contributed by atoms with Crippen LogP contribution in [0.4, 0.5) is 5.69 Å². The summed E-state index contributed by atoms with van der Waals surface area (Å²) in [7, 11) is 0. The molecule has 0 fully saturated rings. The van der Waals surface area contributed by atoms with Crippen molar-refractivity contribution in [3.63, 3.8) is 0 Å². The monoisotopic (exact) mass is 510 g/mol. The lowest BCUT2D eigenvalue weighted by atomic mass is 10.0. The van der Waals surface area contributed by atoms with Crippen molar-refractivity contribution >= 4 is 27.8 Å². The van der Waals surface area contributed by atoms with Gasteiger partial charge in [-0.05, 0) is 35.9 Å². The SMILES string of the molecule is OC(Nc1cncc(-c2ccc3[nH]nc(-c4nc5c(-c6cccnc6)ccnc5[nH]4)c3c2)c1)c1ccccc1. The van der Waals surface area contributed by atoms with E-state index >= 15 is 0 Å². The molecule has 7 aromatic rings. The highest BCUT2D eigenvalue weighted by atomic mass is 16.3. The van der Waals surface area contributed by atoms with E-state index in [-0.39, 0.29) is 0 Å². The van der Waals surface area contributed by atoms with Crippen LogP contribution in [0.15, 0.2) is 104 Å². The van der Waals surface area contributed by atoms with Crippen molar-refractivity contribution in [2.45, 2.75) is 6.23 Å². The Labute approximate surface area is 222 Å². The quantitative estimate of drug-likeness (QED) is 0.210. The fourth-order valence-corrected chi connectivity index (χ4v) is 4.71. The molecule has 0 saturated heterocycles. The molecule has 0 bridgehead atoms. The minimum atomic E-state index is -0.843. The fourth-order valence-electron chi connectivity index (χ4n) is 4.71. The second kappa shape index (κ2) is 9.47. The molecule has 1 atom stereocenters. The van der Waals surface area contributed by atoms with Gasteiger partial charge < -0.3 is 15.4 Å². The average molecular weight is 511 g/mol. The summed E-state index contributed by atoms with van der Waals surface area (Å²) < 4.78 is 0. The van der Waals surface area contributed by atoms with Gasteiger partial charge in [0.1, 0.15) is 11.2 Å². The van der Waals surface area contributed by atoms with Crippen molar-refractivity contribution in [2.75, 3.05) is 5.32 Å². The van der Waals surface area contributed by atoms with Crippen LogP contribution in [0, 0.1) is 0 Å². The van der Waals surface area contributed by atoms with Crippen LogP contribution in [0.2, 0.25) is 0 Å². The lowest BCUT2D eigenvalue weighted by Gasteiger charge is -2.15. The van der Waals surface area contributed by atoms with Crippen molar-refractivity contribution in [3.8, 4) is 33.8 Å². The van der Waals surface area contributed by atoms with Crippen LogP contribution in [0.5, 0.6) is 0 Å². The van der Waals surface area contributed by atoms with Crippen molar-refractivity contribution in [2.24, 2.45) is 0 Å². The number of pyridine rings is 3. The Kier molecular flexibility index (Phi) is 5.53. The first-order valence-corrected chi connectivity index (χ1v) is 12.4. The van der Waals surface area contributed by atoms with E-state index in [2.05, 4.69) is 41.5 Å². The molecule has 2 aromatic carbocycles. The minimum absolute atomic E-state index is 0.622. The normalized spacial score (nSPS) is 12.1. The summed E-state index contributed by atoms with van der Waals surface area (Å²) in [6.07, 6.45) is 7.97. The van der Waals surface area contributed by atoms with Crippen LogP contribution in [-0.4, -0.2) is 40.2 Å². The first-order valence-electron chi connectivity index (χ1n) is 12.4. The third-order valence-electron chi connectivity index (χ3n) is 6.63. The molecule has 0 aliphatic rings. The van der Waals surface area contributed by atoms with Crippen LogP contribution < -0.4 is 5.32 Å². The van der Waals surface area contributed by atoms with Crippen molar-refractivity contribution < 1.29 is 5.11 Å². The number of aliphatic hydroxyl groups excluding tert-OH is 1. The second-order valence-corrected chi connectivity index (χ2v) is 9.14. The van der Waals surface area contributed by atoms with E-state index in [1.165, 1.54) is 0 Å². The molecule has 0 aliphatic carbocycles. The zero-order valence-corrected chi connectivity index (χ0v) is 20.6. The molecule has 0 spiro atoms. The van der Waals surface area contributed by atoms with Gasteiger partial charge in [0.25, 0.3) is 0 Å². The van der Waals surface area contributed by atoms with E-state index in [1.807, 2.05) is 72.9 Å². The van der Waals surface area contributed by atoms with Gasteiger partial charge in [0.2, 0.25) is 0 Å². The van der Waals surface area contributed by atoms with Gasteiger partial charge in [-0.1, -0.05) is 42.5 Å². The molecule has 0 saturated carbocycles. The van der Waals surface area contributed by atoms with E-state index in [0.29, 0.717) is 22.9 Å². The van der Waals surface area contributed by atoms with Crippen LogP contribution in [-0.2, 0) is 0 Å². The number of aliphatic hydroxyl groups is 1. The Morgan fingerprint density at radius 3 is 2.56 bits per heavy atom. The van der Waals surface area contributed by atoms with Crippen molar-refractivity contribution in [1.29, 1.82) is 0 Å². The van der Waals surface area contributed by atoms with Gasteiger partial charge in [0.15, 0.2) is 17.7 Å². The average Bonchev–Trinajstić information content (AvgIpc) is 3.62. The number of benzene rings is 2. The maximum atomic E-state index is 10.6. The summed E-state index contributed by atoms with van der Waals surface area (Å²) >= 11 is 0. The van der Waals surface area contributed by atoms with Gasteiger partial charge in [-0.2, -0.15) is 5.10 Å². The molecule has 7 rings (SSSR count). The number of H-pyrrole nitrogens is 2. The minimum Gasteiger partial charge on any atom is -0.369 e. The first-order chi connectivity index (χ1) is 19.2. The molecule has 5 heterocycles. The molecule has 39 heavy (non-hydrogen) atoms. The number of imidazole rings is 1. The van der Waals surface area contributed by atoms with Gasteiger partial charge >= 0.3 is 0 Å². The van der Waals surface area contributed by atoms with E-state index in [4.69, 9.17) is 4.98 Å². The van der Waals surface area contributed by atoms with Gasteiger partial charge in [0, 0.05) is 52.4 Å². The highest BCUT2D eigenvalue weighted by Crippen LogP contribution is 2.33. The number of rotatable bonds is 6. The summed E-state index contributed by atoms with van der Waals surface area (Å²) in [5, 5.41) is 22.3. The molecule has 0 amide bonds. The van der Waals surface area contributed by atoms with Crippen LogP contribution in [0.1, 0.15) is 11.8 Å². The Balaban J connectivity index is 1.25. The molecular weight excluding hydrogens is 488 g/mol. The summed E-state index contributed by atoms with van der Waals surface area (Å²) in [4.78, 5) is 21.3. The summed E-state index contributed by atoms with van der Waals surface area (Å²) in [6, 6.07) is 23.3. The first kappa shape index (κ1) is 22.8. The molecule has 188 valence electrons. The Bertz CT molecular complexity index is 1910. The van der Waals surface area contributed by atoms with Gasteiger partial charge in [0.05, 0.1) is 17.4 Å². The van der Waals surface area contributed by atoms with Crippen molar-refractivity contribution in [3.05, 3.63) is 109 Å². The third-order valence-corrected chi connectivity index (χ3v) is 6.63. The number of hydrogen-bond acceptors (Lipinski definition) is 7. The number of hydrogen-bond donors (Lipinski definition) is 4. The molecule has 9 nitrogen and oxygen atoms in total. The summed E-state index contributed by atoms with van der Waals surface area (Å²) in [5.74, 6) is 0.622. The van der Waals surface area contributed by atoms with Crippen LogP contribution in [0.3, 0.4) is 0 Å². The molecular formula is C30H22N8O. The van der Waals surface area contributed by atoms with Gasteiger partial charge in [-0.3, -0.25) is 15.1 Å². The zero-order valence-electron chi connectivity index (χ0n) is 20.6.